The van der Waals surface area contributed by atoms with Crippen LogP contribution in [0.4, 0.5) is 5.69 Å². The molecule has 0 aromatic heterocycles. The minimum Gasteiger partial charge on any atom is -0.493 e. The third-order valence-corrected chi connectivity index (χ3v) is 5.27. The highest BCUT2D eigenvalue weighted by atomic mass is 35.5. The van der Waals surface area contributed by atoms with Crippen LogP contribution in [0.2, 0.25) is 0 Å². The molecule has 2 heterocycles. The largest absolute Gasteiger partial charge is 0.493 e. The van der Waals surface area contributed by atoms with Crippen LogP contribution >= 0.6 is 12.4 Å². The number of carbonyl (C=O) groups excluding carboxylic acids is 2. The van der Waals surface area contributed by atoms with Crippen molar-refractivity contribution in [1.29, 1.82) is 0 Å². The van der Waals surface area contributed by atoms with Crippen molar-refractivity contribution in [2.45, 2.75) is 44.6 Å². The Hall–Kier alpha value is -1.99. The van der Waals surface area contributed by atoms with E-state index in [2.05, 4.69) is 10.6 Å². The van der Waals surface area contributed by atoms with Crippen LogP contribution in [0.15, 0.2) is 12.1 Å². The normalized spacial score (nSPS) is 18.9. The van der Waals surface area contributed by atoms with Crippen LogP contribution in [-0.2, 0) is 4.79 Å². The number of piperidine rings is 1. The number of carbonyl (C=O) groups is 2. The van der Waals surface area contributed by atoms with Crippen molar-refractivity contribution in [3.8, 4) is 11.5 Å². The second-order valence-electron chi connectivity index (χ2n) is 7.15. The Labute approximate surface area is 172 Å². The molecule has 3 rings (SSSR count). The first kappa shape index (κ1) is 22.3. The Bertz CT molecular complexity index is 686. The maximum Gasteiger partial charge on any atom is 0.256 e. The Kier molecular flexibility index (Phi) is 8.38. The predicted molar refractivity (Wildman–Crippen MR) is 111 cm³/mol. The summed E-state index contributed by atoms with van der Waals surface area (Å²) < 4.78 is 10.7. The molecule has 2 fully saturated rings. The second kappa shape index (κ2) is 10.5. The van der Waals surface area contributed by atoms with E-state index >= 15 is 0 Å². The van der Waals surface area contributed by atoms with Gasteiger partial charge in [-0.1, -0.05) is 0 Å². The zero-order valence-corrected chi connectivity index (χ0v) is 17.4. The zero-order valence-electron chi connectivity index (χ0n) is 16.6. The van der Waals surface area contributed by atoms with E-state index in [0.717, 1.165) is 51.7 Å². The van der Waals surface area contributed by atoms with Gasteiger partial charge in [0.15, 0.2) is 11.5 Å². The zero-order chi connectivity index (χ0) is 19.2. The number of rotatable bonds is 6. The Balaban J connectivity index is 0.00000280. The lowest BCUT2D eigenvalue weighted by atomic mass is 10.1. The number of nitrogens with one attached hydrogen (secondary N) is 2. The molecule has 1 unspecified atom stereocenters. The lowest BCUT2D eigenvalue weighted by Gasteiger charge is -2.28. The van der Waals surface area contributed by atoms with Gasteiger partial charge >= 0.3 is 0 Å². The quantitative estimate of drug-likeness (QED) is 0.752. The predicted octanol–water partition coefficient (Wildman–Crippen LogP) is 2.83. The van der Waals surface area contributed by atoms with E-state index in [9.17, 15) is 9.59 Å². The topological polar surface area (TPSA) is 79.9 Å². The van der Waals surface area contributed by atoms with Gasteiger partial charge in [-0.25, -0.2) is 0 Å². The smallest absolute Gasteiger partial charge is 0.256 e. The summed E-state index contributed by atoms with van der Waals surface area (Å²) in [7, 11) is 3.08. The van der Waals surface area contributed by atoms with Gasteiger partial charge in [-0.15, -0.1) is 12.4 Å². The standard InChI is InChI=1S/C20H29N3O4.ClH/c1-26-17-12-15(20(25)23-9-4-3-5-10-23)16(13-18(17)27-2)22-19(24)11-14-7-6-8-21-14;/h12-14,21H,3-11H2,1-2H3,(H,22,24);1H. The first-order valence-electron chi connectivity index (χ1n) is 9.71. The van der Waals surface area contributed by atoms with E-state index < -0.39 is 0 Å². The Morgan fingerprint density at radius 3 is 2.39 bits per heavy atom. The maximum atomic E-state index is 13.1. The summed E-state index contributed by atoms with van der Waals surface area (Å²) in [6, 6.07) is 3.54. The number of nitrogens with zero attached hydrogens (tertiary/aromatic N) is 1. The van der Waals surface area contributed by atoms with E-state index in [1.807, 2.05) is 4.90 Å². The maximum absolute atomic E-state index is 13.1. The number of benzene rings is 1. The molecule has 2 saturated heterocycles. The minimum atomic E-state index is -0.102. The third-order valence-electron chi connectivity index (χ3n) is 5.27. The van der Waals surface area contributed by atoms with Crippen molar-refractivity contribution < 1.29 is 19.1 Å². The highest BCUT2D eigenvalue weighted by Gasteiger charge is 2.25. The van der Waals surface area contributed by atoms with Crippen molar-refractivity contribution in [2.24, 2.45) is 0 Å². The highest BCUT2D eigenvalue weighted by Crippen LogP contribution is 2.34. The molecule has 1 aromatic carbocycles. The number of amides is 2. The van der Waals surface area contributed by atoms with Gasteiger partial charge in [0.05, 0.1) is 25.5 Å². The molecule has 0 saturated carbocycles. The van der Waals surface area contributed by atoms with Crippen LogP contribution in [-0.4, -0.2) is 56.6 Å². The van der Waals surface area contributed by atoms with Gasteiger partial charge in [-0.3, -0.25) is 9.59 Å². The summed E-state index contributed by atoms with van der Waals surface area (Å²) in [6.07, 6.45) is 5.65. The fourth-order valence-electron chi connectivity index (χ4n) is 3.78. The molecule has 0 bridgehead atoms. The van der Waals surface area contributed by atoms with E-state index in [4.69, 9.17) is 9.47 Å². The summed E-state index contributed by atoms with van der Waals surface area (Å²) in [5.74, 6) is 0.787. The molecule has 8 heteroatoms. The summed E-state index contributed by atoms with van der Waals surface area (Å²) in [6.45, 7) is 2.44. The van der Waals surface area contributed by atoms with Crippen molar-refractivity contribution >= 4 is 29.9 Å². The number of halogens is 1. The number of hydrogen-bond donors (Lipinski definition) is 2. The van der Waals surface area contributed by atoms with Gasteiger partial charge in [0.25, 0.3) is 5.91 Å². The first-order valence-corrected chi connectivity index (χ1v) is 9.71. The summed E-state index contributed by atoms with van der Waals surface area (Å²) in [5.41, 5.74) is 0.925. The molecule has 7 nitrogen and oxygen atoms in total. The van der Waals surface area contributed by atoms with Crippen molar-refractivity contribution in [2.75, 3.05) is 39.2 Å². The average Bonchev–Trinajstić information content (AvgIpc) is 3.20. The van der Waals surface area contributed by atoms with Crippen LogP contribution in [0.1, 0.15) is 48.9 Å². The van der Waals surface area contributed by atoms with Gasteiger partial charge < -0.3 is 25.0 Å². The Morgan fingerprint density at radius 1 is 1.11 bits per heavy atom. The third kappa shape index (κ3) is 5.29. The van der Waals surface area contributed by atoms with Crippen LogP contribution in [0.5, 0.6) is 11.5 Å². The van der Waals surface area contributed by atoms with E-state index in [1.54, 1.807) is 12.1 Å². The molecule has 0 aliphatic carbocycles. The van der Waals surface area contributed by atoms with Crippen molar-refractivity contribution in [3.63, 3.8) is 0 Å². The van der Waals surface area contributed by atoms with E-state index in [0.29, 0.717) is 29.2 Å². The fraction of sp³-hybridized carbons (Fsp3) is 0.600. The molecule has 1 atom stereocenters. The molecule has 2 amide bonds. The minimum absolute atomic E-state index is 0. The first-order chi connectivity index (χ1) is 13.1. The van der Waals surface area contributed by atoms with Crippen LogP contribution < -0.4 is 20.1 Å². The number of likely N-dealkylation sites (tertiary alicyclic amines) is 1. The van der Waals surface area contributed by atoms with E-state index in [-0.39, 0.29) is 30.3 Å². The summed E-state index contributed by atoms with van der Waals surface area (Å²) in [4.78, 5) is 27.5. The van der Waals surface area contributed by atoms with Crippen LogP contribution in [0.3, 0.4) is 0 Å². The van der Waals surface area contributed by atoms with Gasteiger partial charge in [0.2, 0.25) is 5.91 Å². The fourth-order valence-corrected chi connectivity index (χ4v) is 3.78. The second-order valence-corrected chi connectivity index (χ2v) is 7.15. The van der Waals surface area contributed by atoms with Gasteiger partial charge in [0.1, 0.15) is 0 Å². The monoisotopic (exact) mass is 411 g/mol. The van der Waals surface area contributed by atoms with Crippen molar-refractivity contribution in [3.05, 3.63) is 17.7 Å². The number of anilines is 1. The summed E-state index contributed by atoms with van der Waals surface area (Å²) in [5, 5.41) is 6.24. The average molecular weight is 412 g/mol. The Morgan fingerprint density at radius 2 is 1.79 bits per heavy atom. The van der Waals surface area contributed by atoms with Crippen LogP contribution in [0, 0.1) is 0 Å². The molecule has 2 aliphatic heterocycles. The van der Waals surface area contributed by atoms with E-state index in [1.165, 1.54) is 14.2 Å². The molecule has 0 radical (unpaired) electrons. The van der Waals surface area contributed by atoms with Gasteiger partial charge in [-0.2, -0.15) is 0 Å². The number of methoxy groups -OCH3 is 2. The van der Waals surface area contributed by atoms with Crippen LogP contribution in [0.25, 0.3) is 0 Å². The van der Waals surface area contributed by atoms with Crippen molar-refractivity contribution in [1.82, 2.24) is 10.2 Å². The number of ether oxygens (including phenoxy) is 2. The lowest BCUT2D eigenvalue weighted by molar-refractivity contribution is -0.116. The molecule has 2 aliphatic rings. The number of hydrogen-bond acceptors (Lipinski definition) is 5. The molecular formula is C20H30ClN3O4. The molecule has 1 aromatic rings. The molecule has 2 N–H and O–H groups in total. The highest BCUT2D eigenvalue weighted by molar-refractivity contribution is 6.04. The van der Waals surface area contributed by atoms with Gasteiger partial charge in [0, 0.05) is 31.6 Å². The summed E-state index contributed by atoms with van der Waals surface area (Å²) >= 11 is 0. The molecule has 0 spiro atoms. The molecule has 156 valence electrons. The molecular weight excluding hydrogens is 382 g/mol. The molecule has 28 heavy (non-hydrogen) atoms. The van der Waals surface area contributed by atoms with Gasteiger partial charge in [-0.05, 0) is 44.7 Å². The lowest BCUT2D eigenvalue weighted by Crippen LogP contribution is -2.36. The SMILES string of the molecule is COc1cc(NC(=O)CC2CCCN2)c(C(=O)N2CCCCC2)cc1OC.Cl.